The number of hydrogen-bond acceptors (Lipinski definition) is 2. The Labute approximate surface area is 346 Å². The standard InChI is InChI=1S/C56H36N4/c1-4-16-37(17-5-1)41-32-42(38-18-6-2-7-19-38)34-43(33-41)55-48-24-10-13-25-50(48)57-56(58-55)60-52-27-15-12-23-46(52)49-35-39(29-31-53(49)60)40-28-30-47-45-22-11-14-26-51(45)59(54(47)36-40)44-20-8-3-9-21-44/h1-36H. The summed E-state index contributed by atoms with van der Waals surface area (Å²) >= 11 is 0. The third-order valence-electron chi connectivity index (χ3n) is 11.9. The molecule has 0 radical (unpaired) electrons. The number of fused-ring (bicyclic) bond motifs is 7. The minimum Gasteiger partial charge on any atom is -0.309 e. The van der Waals surface area contributed by atoms with Gasteiger partial charge in [0.05, 0.1) is 33.3 Å². The molecule has 0 aliphatic carbocycles. The molecule has 0 fully saturated rings. The van der Waals surface area contributed by atoms with Gasteiger partial charge < -0.3 is 4.57 Å². The van der Waals surface area contributed by atoms with Gasteiger partial charge in [-0.3, -0.25) is 4.57 Å². The molecule has 0 amide bonds. The van der Waals surface area contributed by atoms with Crippen LogP contribution in [0.4, 0.5) is 0 Å². The van der Waals surface area contributed by atoms with Crippen LogP contribution in [-0.4, -0.2) is 19.1 Å². The van der Waals surface area contributed by atoms with Gasteiger partial charge in [0.15, 0.2) is 0 Å². The second-order valence-corrected chi connectivity index (χ2v) is 15.4. The smallest absolute Gasteiger partial charge is 0.235 e. The van der Waals surface area contributed by atoms with Crippen LogP contribution in [-0.2, 0) is 0 Å². The Bertz CT molecular complexity index is 3530. The lowest BCUT2D eigenvalue weighted by atomic mass is 9.94. The Balaban J connectivity index is 1.06. The summed E-state index contributed by atoms with van der Waals surface area (Å²) in [5.74, 6) is 0.642. The van der Waals surface area contributed by atoms with Crippen LogP contribution >= 0.6 is 0 Å². The van der Waals surface area contributed by atoms with E-state index in [4.69, 9.17) is 9.97 Å². The first-order valence-corrected chi connectivity index (χ1v) is 20.4. The van der Waals surface area contributed by atoms with Crippen molar-refractivity contribution in [2.45, 2.75) is 0 Å². The normalized spacial score (nSPS) is 11.7. The molecule has 0 saturated heterocycles. The summed E-state index contributed by atoms with van der Waals surface area (Å²) in [5, 5.41) is 5.81. The zero-order valence-corrected chi connectivity index (χ0v) is 32.6. The van der Waals surface area contributed by atoms with E-state index < -0.39 is 0 Å². The maximum atomic E-state index is 5.51. The Hall–Kier alpha value is -8.08. The van der Waals surface area contributed by atoms with E-state index in [1.807, 2.05) is 0 Å². The molecule has 12 aromatic rings. The van der Waals surface area contributed by atoms with Gasteiger partial charge in [0.1, 0.15) is 0 Å². The third-order valence-corrected chi connectivity index (χ3v) is 11.9. The maximum absolute atomic E-state index is 5.51. The van der Waals surface area contributed by atoms with Crippen LogP contribution in [0, 0.1) is 0 Å². The van der Waals surface area contributed by atoms with Crippen molar-refractivity contribution in [3.05, 3.63) is 218 Å². The molecule has 0 atom stereocenters. The number of para-hydroxylation sites is 4. The lowest BCUT2D eigenvalue weighted by Crippen LogP contribution is -2.03. The van der Waals surface area contributed by atoms with Crippen LogP contribution in [0.1, 0.15) is 0 Å². The van der Waals surface area contributed by atoms with Gasteiger partial charge in [0, 0.05) is 38.2 Å². The van der Waals surface area contributed by atoms with E-state index in [0.29, 0.717) is 5.95 Å². The predicted octanol–water partition coefficient (Wildman–Crippen LogP) is 14.5. The average Bonchev–Trinajstić information content (AvgIpc) is 3.84. The average molecular weight is 765 g/mol. The van der Waals surface area contributed by atoms with E-state index in [9.17, 15) is 0 Å². The van der Waals surface area contributed by atoms with E-state index >= 15 is 0 Å². The Kier molecular flexibility index (Phi) is 7.82. The monoisotopic (exact) mass is 764 g/mol. The van der Waals surface area contributed by atoms with E-state index in [2.05, 4.69) is 228 Å². The first-order valence-electron chi connectivity index (χ1n) is 20.4. The molecule has 0 N–H and O–H groups in total. The zero-order valence-electron chi connectivity index (χ0n) is 32.6. The number of rotatable bonds is 6. The molecule has 0 aliphatic heterocycles. The SMILES string of the molecule is c1ccc(-c2cc(-c3ccccc3)cc(-c3nc(-n4c5ccccc5c5cc(-c6ccc7c8ccccc8n(-c8ccccc8)c7c6)ccc54)nc4ccccc34)c2)cc1. The Morgan fingerprint density at radius 1 is 0.267 bits per heavy atom. The molecular weight excluding hydrogens is 729 g/mol. The van der Waals surface area contributed by atoms with Crippen LogP contribution in [0.25, 0.3) is 111 Å². The van der Waals surface area contributed by atoms with Crippen LogP contribution < -0.4 is 0 Å². The number of hydrogen-bond donors (Lipinski definition) is 0. The molecule has 0 unspecified atom stereocenters. The van der Waals surface area contributed by atoms with Gasteiger partial charge in [-0.1, -0.05) is 152 Å². The van der Waals surface area contributed by atoms with Crippen LogP contribution in [0.3, 0.4) is 0 Å². The maximum Gasteiger partial charge on any atom is 0.235 e. The molecule has 0 aliphatic rings. The van der Waals surface area contributed by atoms with Gasteiger partial charge >= 0.3 is 0 Å². The van der Waals surface area contributed by atoms with Crippen molar-refractivity contribution >= 4 is 54.5 Å². The quantitative estimate of drug-likeness (QED) is 0.169. The topological polar surface area (TPSA) is 35.6 Å². The highest BCUT2D eigenvalue weighted by atomic mass is 15.2. The second kappa shape index (κ2) is 13.8. The summed E-state index contributed by atoms with van der Waals surface area (Å²) in [5.41, 5.74) is 15.4. The van der Waals surface area contributed by atoms with E-state index in [1.54, 1.807) is 0 Å². The molecule has 12 rings (SSSR count). The van der Waals surface area contributed by atoms with Crippen LogP contribution in [0.5, 0.6) is 0 Å². The highest BCUT2D eigenvalue weighted by Gasteiger charge is 2.20. The molecule has 4 heteroatoms. The molecule has 280 valence electrons. The Morgan fingerprint density at radius 2 is 0.767 bits per heavy atom. The lowest BCUT2D eigenvalue weighted by Gasteiger charge is -2.14. The molecule has 60 heavy (non-hydrogen) atoms. The molecular formula is C56H36N4. The van der Waals surface area contributed by atoms with Gasteiger partial charge in [-0.2, -0.15) is 0 Å². The summed E-state index contributed by atoms with van der Waals surface area (Å²) in [6.07, 6.45) is 0. The zero-order chi connectivity index (χ0) is 39.6. The number of benzene rings is 9. The van der Waals surface area contributed by atoms with Crippen LogP contribution in [0.15, 0.2) is 218 Å². The number of nitrogens with zero attached hydrogens (tertiary/aromatic N) is 4. The third kappa shape index (κ3) is 5.53. The highest BCUT2D eigenvalue weighted by Crippen LogP contribution is 2.40. The van der Waals surface area contributed by atoms with Crippen molar-refractivity contribution in [1.29, 1.82) is 0 Å². The summed E-state index contributed by atoms with van der Waals surface area (Å²) in [4.78, 5) is 10.8. The van der Waals surface area contributed by atoms with E-state index in [1.165, 1.54) is 21.8 Å². The van der Waals surface area contributed by atoms with E-state index in [-0.39, 0.29) is 0 Å². The molecule has 0 saturated carbocycles. The predicted molar refractivity (Wildman–Crippen MR) is 250 cm³/mol. The van der Waals surface area contributed by atoms with Crippen molar-refractivity contribution in [3.63, 3.8) is 0 Å². The highest BCUT2D eigenvalue weighted by molar-refractivity contribution is 6.12. The van der Waals surface area contributed by atoms with Gasteiger partial charge in [0.2, 0.25) is 5.95 Å². The minimum atomic E-state index is 0.642. The van der Waals surface area contributed by atoms with Crippen LogP contribution in [0.2, 0.25) is 0 Å². The van der Waals surface area contributed by atoms with Gasteiger partial charge in [0.25, 0.3) is 0 Å². The van der Waals surface area contributed by atoms with Gasteiger partial charge in [-0.05, 0) is 100 Å². The Morgan fingerprint density at radius 3 is 1.47 bits per heavy atom. The fourth-order valence-corrected chi connectivity index (χ4v) is 9.12. The fraction of sp³-hybridized carbons (Fsp3) is 0. The van der Waals surface area contributed by atoms with Crippen molar-refractivity contribution in [2.24, 2.45) is 0 Å². The molecule has 0 spiro atoms. The lowest BCUT2D eigenvalue weighted by molar-refractivity contribution is 1.01. The molecule has 3 heterocycles. The van der Waals surface area contributed by atoms with Crippen molar-refractivity contribution in [2.75, 3.05) is 0 Å². The molecule has 4 nitrogen and oxygen atoms in total. The van der Waals surface area contributed by atoms with Gasteiger partial charge in [-0.25, -0.2) is 9.97 Å². The summed E-state index contributed by atoms with van der Waals surface area (Å²) in [6, 6.07) is 78.0. The molecule has 9 aromatic carbocycles. The molecule has 0 bridgehead atoms. The van der Waals surface area contributed by atoms with Gasteiger partial charge in [-0.15, -0.1) is 0 Å². The summed E-state index contributed by atoms with van der Waals surface area (Å²) in [7, 11) is 0. The van der Waals surface area contributed by atoms with Crippen molar-refractivity contribution < 1.29 is 0 Å². The first-order chi connectivity index (χ1) is 29.7. The minimum absolute atomic E-state index is 0.642. The summed E-state index contributed by atoms with van der Waals surface area (Å²) in [6.45, 7) is 0. The fourth-order valence-electron chi connectivity index (χ4n) is 9.12. The van der Waals surface area contributed by atoms with Crippen molar-refractivity contribution in [1.82, 2.24) is 19.1 Å². The summed E-state index contributed by atoms with van der Waals surface area (Å²) < 4.78 is 4.62. The largest absolute Gasteiger partial charge is 0.309 e. The van der Waals surface area contributed by atoms with Crippen molar-refractivity contribution in [3.8, 4) is 56.3 Å². The second-order valence-electron chi connectivity index (χ2n) is 15.4. The molecule has 3 aromatic heterocycles. The van der Waals surface area contributed by atoms with E-state index in [0.717, 1.165) is 83.0 Å². The first kappa shape index (κ1) is 34.0. The number of aromatic nitrogens is 4.